The Labute approximate surface area is 132 Å². The second-order valence-electron chi connectivity index (χ2n) is 6.85. The van der Waals surface area contributed by atoms with Gasteiger partial charge in [-0.1, -0.05) is 12.1 Å². The number of nitrogens with two attached hydrogens (primary N) is 1. The second kappa shape index (κ2) is 6.57. The summed E-state index contributed by atoms with van der Waals surface area (Å²) in [5, 5.41) is 0. The van der Waals surface area contributed by atoms with Crippen LogP contribution in [-0.4, -0.2) is 42.8 Å². The van der Waals surface area contributed by atoms with Crippen molar-refractivity contribution >= 4 is 6.09 Å². The van der Waals surface area contributed by atoms with E-state index in [0.717, 1.165) is 17.7 Å². The number of rotatable bonds is 2. The molecule has 1 saturated heterocycles. The van der Waals surface area contributed by atoms with E-state index in [4.69, 9.17) is 15.2 Å². The molecule has 0 spiro atoms. The van der Waals surface area contributed by atoms with Gasteiger partial charge in [-0.05, 0) is 44.9 Å². The topological polar surface area (TPSA) is 64.8 Å². The Hall–Kier alpha value is -1.75. The van der Waals surface area contributed by atoms with Crippen molar-refractivity contribution in [1.82, 2.24) is 4.90 Å². The van der Waals surface area contributed by atoms with E-state index in [9.17, 15) is 4.79 Å². The molecule has 0 aliphatic carbocycles. The maximum Gasteiger partial charge on any atom is 0.410 e. The van der Waals surface area contributed by atoms with Crippen molar-refractivity contribution in [3.05, 3.63) is 29.8 Å². The lowest BCUT2D eigenvalue weighted by molar-refractivity contribution is 0.0181. The number of carbonyl (C=O) groups excluding carboxylic acids is 1. The van der Waals surface area contributed by atoms with Crippen LogP contribution in [-0.2, 0) is 4.74 Å². The molecule has 0 radical (unpaired) electrons. The van der Waals surface area contributed by atoms with E-state index in [1.807, 2.05) is 39.0 Å². The molecular weight excluding hydrogens is 280 g/mol. The molecule has 0 bridgehead atoms. The van der Waals surface area contributed by atoms with Gasteiger partial charge in [0.15, 0.2) is 0 Å². The Balaban J connectivity index is 2.12. The van der Waals surface area contributed by atoms with Crippen LogP contribution in [0.3, 0.4) is 0 Å². The van der Waals surface area contributed by atoms with Crippen LogP contribution < -0.4 is 10.5 Å². The zero-order chi connectivity index (χ0) is 16.3. The van der Waals surface area contributed by atoms with E-state index in [-0.39, 0.29) is 18.1 Å². The average molecular weight is 306 g/mol. The average Bonchev–Trinajstić information content (AvgIpc) is 2.45. The summed E-state index contributed by atoms with van der Waals surface area (Å²) in [4.78, 5) is 14.0. The summed E-state index contributed by atoms with van der Waals surface area (Å²) in [6.07, 6.45) is 0.558. The smallest absolute Gasteiger partial charge is 0.410 e. The summed E-state index contributed by atoms with van der Waals surface area (Å²) < 4.78 is 10.7. The van der Waals surface area contributed by atoms with Crippen molar-refractivity contribution in [2.45, 2.75) is 44.8 Å². The van der Waals surface area contributed by atoms with Gasteiger partial charge < -0.3 is 20.1 Å². The Morgan fingerprint density at radius 2 is 2.05 bits per heavy atom. The third-order valence-corrected chi connectivity index (χ3v) is 3.70. The Kier molecular flexibility index (Phi) is 4.96. The van der Waals surface area contributed by atoms with Crippen molar-refractivity contribution in [1.29, 1.82) is 0 Å². The van der Waals surface area contributed by atoms with Crippen LogP contribution >= 0.6 is 0 Å². The molecule has 1 aromatic rings. The molecule has 2 unspecified atom stereocenters. The highest BCUT2D eigenvalue weighted by Crippen LogP contribution is 2.29. The van der Waals surface area contributed by atoms with E-state index >= 15 is 0 Å². The standard InChI is InChI=1S/C17H26N2O3/c1-17(2,3)22-16(20)19-10-13(8-14(18)11-19)12-6-5-7-15(9-12)21-4/h5-7,9,13-14H,8,10-11,18H2,1-4H3. The molecule has 122 valence electrons. The quantitative estimate of drug-likeness (QED) is 0.912. The van der Waals surface area contributed by atoms with Crippen LogP contribution in [0.25, 0.3) is 0 Å². The van der Waals surface area contributed by atoms with Gasteiger partial charge in [0, 0.05) is 25.0 Å². The van der Waals surface area contributed by atoms with Gasteiger partial charge in [0.2, 0.25) is 0 Å². The molecule has 5 nitrogen and oxygen atoms in total. The lowest BCUT2D eigenvalue weighted by atomic mass is 9.88. The number of hydrogen-bond acceptors (Lipinski definition) is 4. The van der Waals surface area contributed by atoms with Crippen LogP contribution in [0.1, 0.15) is 38.7 Å². The third kappa shape index (κ3) is 4.37. The Morgan fingerprint density at radius 1 is 1.32 bits per heavy atom. The van der Waals surface area contributed by atoms with Crippen LogP contribution in [0.5, 0.6) is 5.75 Å². The highest BCUT2D eigenvalue weighted by Gasteiger charge is 2.31. The van der Waals surface area contributed by atoms with Gasteiger partial charge in [-0.3, -0.25) is 0 Å². The van der Waals surface area contributed by atoms with Crippen LogP contribution in [0.4, 0.5) is 4.79 Å². The number of piperidine rings is 1. The second-order valence-corrected chi connectivity index (χ2v) is 6.85. The fourth-order valence-corrected chi connectivity index (χ4v) is 2.75. The largest absolute Gasteiger partial charge is 0.497 e. The van der Waals surface area contributed by atoms with E-state index in [2.05, 4.69) is 6.07 Å². The first-order valence-corrected chi connectivity index (χ1v) is 7.66. The fraction of sp³-hybridized carbons (Fsp3) is 0.588. The van der Waals surface area contributed by atoms with Gasteiger partial charge in [-0.25, -0.2) is 4.79 Å². The van der Waals surface area contributed by atoms with Gasteiger partial charge in [0.05, 0.1) is 7.11 Å². The number of ether oxygens (including phenoxy) is 2. The predicted molar refractivity (Wildman–Crippen MR) is 86.1 cm³/mol. The number of amides is 1. The molecule has 2 N–H and O–H groups in total. The normalized spacial score (nSPS) is 22.3. The van der Waals surface area contributed by atoms with E-state index in [0.29, 0.717) is 13.1 Å². The monoisotopic (exact) mass is 306 g/mol. The zero-order valence-electron chi connectivity index (χ0n) is 13.8. The SMILES string of the molecule is COc1cccc(C2CC(N)CN(C(=O)OC(C)(C)C)C2)c1. The molecule has 2 atom stereocenters. The molecule has 0 saturated carbocycles. The van der Waals surface area contributed by atoms with E-state index < -0.39 is 5.60 Å². The molecule has 1 aromatic carbocycles. The summed E-state index contributed by atoms with van der Waals surface area (Å²) in [5.74, 6) is 1.02. The van der Waals surface area contributed by atoms with Crippen LogP contribution in [0.2, 0.25) is 0 Å². The van der Waals surface area contributed by atoms with Crippen molar-refractivity contribution in [3.8, 4) is 5.75 Å². The molecule has 1 heterocycles. The minimum Gasteiger partial charge on any atom is -0.497 e. The number of nitrogens with zero attached hydrogens (tertiary/aromatic N) is 1. The fourth-order valence-electron chi connectivity index (χ4n) is 2.75. The Morgan fingerprint density at radius 3 is 2.68 bits per heavy atom. The van der Waals surface area contributed by atoms with Crippen LogP contribution in [0, 0.1) is 0 Å². The number of likely N-dealkylation sites (tertiary alicyclic amines) is 1. The van der Waals surface area contributed by atoms with Crippen molar-refractivity contribution in [2.75, 3.05) is 20.2 Å². The van der Waals surface area contributed by atoms with Gasteiger partial charge >= 0.3 is 6.09 Å². The van der Waals surface area contributed by atoms with E-state index in [1.54, 1.807) is 12.0 Å². The zero-order valence-corrected chi connectivity index (χ0v) is 13.8. The first-order chi connectivity index (χ1) is 10.3. The maximum absolute atomic E-state index is 12.3. The summed E-state index contributed by atoms with van der Waals surface area (Å²) in [6, 6.07) is 7.90. The summed E-state index contributed by atoms with van der Waals surface area (Å²) in [6.45, 7) is 6.77. The molecule has 1 aliphatic heterocycles. The lowest BCUT2D eigenvalue weighted by Crippen LogP contribution is -2.50. The summed E-state index contributed by atoms with van der Waals surface area (Å²) >= 11 is 0. The first kappa shape index (κ1) is 16.6. The van der Waals surface area contributed by atoms with Crippen molar-refractivity contribution in [2.24, 2.45) is 5.73 Å². The lowest BCUT2D eigenvalue weighted by Gasteiger charge is -2.37. The predicted octanol–water partition coefficient (Wildman–Crippen LogP) is 2.75. The molecule has 22 heavy (non-hydrogen) atoms. The minimum atomic E-state index is -0.496. The third-order valence-electron chi connectivity index (χ3n) is 3.70. The highest BCUT2D eigenvalue weighted by atomic mass is 16.6. The summed E-state index contributed by atoms with van der Waals surface area (Å²) in [5.41, 5.74) is 6.79. The highest BCUT2D eigenvalue weighted by molar-refractivity contribution is 5.68. The number of carbonyl (C=O) groups is 1. The first-order valence-electron chi connectivity index (χ1n) is 7.66. The molecule has 0 aromatic heterocycles. The number of hydrogen-bond donors (Lipinski definition) is 1. The van der Waals surface area contributed by atoms with Gasteiger partial charge in [-0.15, -0.1) is 0 Å². The molecule has 1 aliphatic rings. The molecule has 2 rings (SSSR count). The van der Waals surface area contributed by atoms with Gasteiger partial charge in [0.1, 0.15) is 11.4 Å². The van der Waals surface area contributed by atoms with Crippen molar-refractivity contribution < 1.29 is 14.3 Å². The molecule has 1 amide bonds. The molecule has 5 heteroatoms. The van der Waals surface area contributed by atoms with Crippen molar-refractivity contribution in [3.63, 3.8) is 0 Å². The van der Waals surface area contributed by atoms with E-state index in [1.165, 1.54) is 0 Å². The number of methoxy groups -OCH3 is 1. The van der Waals surface area contributed by atoms with Gasteiger partial charge in [-0.2, -0.15) is 0 Å². The van der Waals surface area contributed by atoms with Crippen LogP contribution in [0.15, 0.2) is 24.3 Å². The maximum atomic E-state index is 12.3. The Bertz CT molecular complexity index is 525. The van der Waals surface area contributed by atoms with Gasteiger partial charge in [0.25, 0.3) is 0 Å². The molecule has 1 fully saturated rings. The minimum absolute atomic E-state index is 0.0440. The molecular formula is C17H26N2O3. The summed E-state index contributed by atoms with van der Waals surface area (Å²) in [7, 11) is 1.65. The number of benzene rings is 1.